The van der Waals surface area contributed by atoms with Crippen molar-refractivity contribution in [3.05, 3.63) is 60.7 Å². The molecule has 3 aromatic rings. The molecule has 1 atom stereocenters. The van der Waals surface area contributed by atoms with Crippen molar-refractivity contribution in [1.29, 1.82) is 0 Å². The third-order valence-electron chi connectivity index (χ3n) is 4.96. The van der Waals surface area contributed by atoms with Gasteiger partial charge in [-0.15, -0.1) is 0 Å². The van der Waals surface area contributed by atoms with E-state index in [2.05, 4.69) is 20.6 Å². The van der Waals surface area contributed by atoms with Crippen molar-refractivity contribution >= 4 is 34.3 Å². The smallest absolute Gasteiger partial charge is 0.329 e. The Morgan fingerprint density at radius 1 is 1.14 bits per heavy atom. The maximum absolute atomic E-state index is 12.8. The molecule has 0 spiro atoms. The SMILES string of the molecule is O=C(CC[C@H]1NC(=O)N(c2cccc3ccccc23)C1=O)NCCc1cnc[nH]1. The van der Waals surface area contributed by atoms with E-state index in [9.17, 15) is 14.4 Å². The molecule has 0 unspecified atom stereocenters. The van der Waals surface area contributed by atoms with E-state index in [4.69, 9.17) is 0 Å². The first-order chi connectivity index (χ1) is 14.1. The zero-order valence-corrected chi connectivity index (χ0v) is 15.7. The van der Waals surface area contributed by atoms with Gasteiger partial charge in [-0.05, 0) is 17.9 Å². The number of rotatable bonds is 7. The number of benzene rings is 2. The lowest BCUT2D eigenvalue weighted by Crippen LogP contribution is -2.33. The Morgan fingerprint density at radius 2 is 1.97 bits per heavy atom. The van der Waals surface area contributed by atoms with Crippen LogP contribution < -0.4 is 15.5 Å². The minimum absolute atomic E-state index is 0.156. The van der Waals surface area contributed by atoms with E-state index in [0.29, 0.717) is 18.7 Å². The number of anilines is 1. The van der Waals surface area contributed by atoms with Crippen molar-refractivity contribution in [1.82, 2.24) is 20.6 Å². The number of hydrogen-bond donors (Lipinski definition) is 3. The predicted octanol–water partition coefficient (Wildman–Crippen LogP) is 2.13. The molecule has 1 aliphatic heterocycles. The van der Waals surface area contributed by atoms with E-state index in [-0.39, 0.29) is 24.7 Å². The highest BCUT2D eigenvalue weighted by Gasteiger charge is 2.39. The Hall–Kier alpha value is -3.68. The highest BCUT2D eigenvalue weighted by atomic mass is 16.2. The number of hydrogen-bond acceptors (Lipinski definition) is 4. The Kier molecular flexibility index (Phi) is 5.24. The number of H-pyrrole nitrogens is 1. The molecule has 0 bridgehead atoms. The van der Waals surface area contributed by atoms with Gasteiger partial charge in [0.05, 0.1) is 12.0 Å². The maximum atomic E-state index is 12.8. The number of carbonyl (C=O) groups is 3. The summed E-state index contributed by atoms with van der Waals surface area (Å²) < 4.78 is 0. The Labute approximate surface area is 167 Å². The van der Waals surface area contributed by atoms with Gasteiger partial charge in [0, 0.05) is 36.7 Å². The Bertz CT molecular complexity index is 1040. The molecule has 2 heterocycles. The van der Waals surface area contributed by atoms with E-state index in [1.807, 2.05) is 36.4 Å². The fraction of sp³-hybridized carbons (Fsp3) is 0.238. The summed E-state index contributed by atoms with van der Waals surface area (Å²) in [6.45, 7) is 0.480. The predicted molar refractivity (Wildman–Crippen MR) is 108 cm³/mol. The number of carbonyl (C=O) groups excluding carboxylic acids is 3. The van der Waals surface area contributed by atoms with Crippen molar-refractivity contribution in [3.8, 4) is 0 Å². The first-order valence-electron chi connectivity index (χ1n) is 9.49. The molecule has 0 radical (unpaired) electrons. The van der Waals surface area contributed by atoms with Crippen molar-refractivity contribution in [2.45, 2.75) is 25.3 Å². The van der Waals surface area contributed by atoms with Crippen molar-refractivity contribution in [2.75, 3.05) is 11.4 Å². The van der Waals surface area contributed by atoms with Crippen LogP contribution in [0.5, 0.6) is 0 Å². The minimum Gasteiger partial charge on any atom is -0.356 e. The number of urea groups is 1. The molecule has 1 aliphatic rings. The molecule has 0 aliphatic carbocycles. The molecule has 3 N–H and O–H groups in total. The lowest BCUT2D eigenvalue weighted by molar-refractivity contribution is -0.121. The van der Waals surface area contributed by atoms with Crippen LogP contribution in [0, 0.1) is 0 Å². The fourth-order valence-electron chi connectivity index (χ4n) is 3.48. The van der Waals surface area contributed by atoms with Crippen molar-refractivity contribution in [2.24, 2.45) is 0 Å². The lowest BCUT2D eigenvalue weighted by Gasteiger charge is -2.15. The monoisotopic (exact) mass is 391 g/mol. The van der Waals surface area contributed by atoms with Crippen molar-refractivity contribution < 1.29 is 14.4 Å². The zero-order valence-electron chi connectivity index (χ0n) is 15.7. The number of nitrogens with one attached hydrogen (secondary N) is 3. The first kappa shape index (κ1) is 18.7. The van der Waals surface area contributed by atoms with Crippen LogP contribution in [0.1, 0.15) is 18.5 Å². The normalized spacial score (nSPS) is 16.3. The number of fused-ring (bicyclic) bond motifs is 1. The van der Waals surface area contributed by atoms with Crippen LogP contribution in [0.25, 0.3) is 10.8 Å². The van der Waals surface area contributed by atoms with Crippen LogP contribution in [0.2, 0.25) is 0 Å². The van der Waals surface area contributed by atoms with E-state index in [1.54, 1.807) is 18.6 Å². The highest BCUT2D eigenvalue weighted by molar-refractivity contribution is 6.24. The van der Waals surface area contributed by atoms with E-state index in [1.165, 1.54) is 4.90 Å². The van der Waals surface area contributed by atoms with Gasteiger partial charge in [0.2, 0.25) is 5.91 Å². The number of imide groups is 1. The van der Waals surface area contributed by atoms with Crippen LogP contribution in [-0.2, 0) is 16.0 Å². The van der Waals surface area contributed by atoms with Gasteiger partial charge in [-0.2, -0.15) is 0 Å². The molecule has 0 saturated carbocycles. The Morgan fingerprint density at radius 3 is 2.79 bits per heavy atom. The summed E-state index contributed by atoms with van der Waals surface area (Å²) >= 11 is 0. The van der Waals surface area contributed by atoms with E-state index >= 15 is 0 Å². The molecule has 1 fully saturated rings. The Balaban J connectivity index is 1.36. The van der Waals surface area contributed by atoms with Gasteiger partial charge in [0.15, 0.2) is 0 Å². The number of amides is 4. The third-order valence-corrected chi connectivity index (χ3v) is 4.96. The molecular formula is C21H21N5O3. The van der Waals surface area contributed by atoms with Gasteiger partial charge in [-0.1, -0.05) is 36.4 Å². The molecule has 148 valence electrons. The maximum Gasteiger partial charge on any atom is 0.329 e. The third kappa shape index (κ3) is 3.96. The second-order valence-electron chi connectivity index (χ2n) is 6.89. The van der Waals surface area contributed by atoms with Gasteiger partial charge in [-0.3, -0.25) is 9.59 Å². The first-order valence-corrected chi connectivity index (χ1v) is 9.49. The summed E-state index contributed by atoms with van der Waals surface area (Å²) in [5.74, 6) is -0.494. The summed E-state index contributed by atoms with van der Waals surface area (Å²) in [5, 5.41) is 7.29. The largest absolute Gasteiger partial charge is 0.356 e. The van der Waals surface area contributed by atoms with E-state index in [0.717, 1.165) is 16.5 Å². The number of nitrogens with zero attached hydrogens (tertiary/aromatic N) is 2. The van der Waals surface area contributed by atoms with E-state index < -0.39 is 12.1 Å². The topological polar surface area (TPSA) is 107 Å². The molecule has 8 nitrogen and oxygen atoms in total. The molecule has 1 saturated heterocycles. The second kappa shape index (κ2) is 8.14. The molecule has 4 rings (SSSR count). The molecule has 8 heteroatoms. The van der Waals surface area contributed by atoms with Crippen LogP contribution >= 0.6 is 0 Å². The van der Waals surface area contributed by atoms with Gasteiger partial charge >= 0.3 is 6.03 Å². The number of aromatic nitrogens is 2. The lowest BCUT2D eigenvalue weighted by atomic mass is 10.1. The summed E-state index contributed by atoms with van der Waals surface area (Å²) in [4.78, 5) is 45.4. The summed E-state index contributed by atoms with van der Waals surface area (Å²) in [6.07, 6.45) is 4.36. The average Bonchev–Trinajstić information content (AvgIpc) is 3.34. The average molecular weight is 391 g/mol. The molecule has 29 heavy (non-hydrogen) atoms. The van der Waals surface area contributed by atoms with Crippen molar-refractivity contribution in [3.63, 3.8) is 0 Å². The van der Waals surface area contributed by atoms with Gasteiger partial charge in [-0.25, -0.2) is 14.7 Å². The molecule has 2 aromatic carbocycles. The molecule has 1 aromatic heterocycles. The standard InChI is InChI=1S/C21H21N5O3/c27-19(23-11-10-15-12-22-13-24-15)9-8-17-20(28)26(21(29)25-17)18-7-3-5-14-4-1-2-6-16(14)18/h1-7,12-13,17H,8-11H2,(H,22,24)(H,23,27)(H,25,29)/t17-/m1/s1. The van der Waals surface area contributed by atoms with Crippen LogP contribution in [0.15, 0.2) is 55.0 Å². The quantitative estimate of drug-likeness (QED) is 0.536. The number of imidazole rings is 1. The summed E-state index contributed by atoms with van der Waals surface area (Å²) in [7, 11) is 0. The van der Waals surface area contributed by atoms with Gasteiger partial charge < -0.3 is 15.6 Å². The summed E-state index contributed by atoms with van der Waals surface area (Å²) in [5.41, 5.74) is 1.49. The van der Waals surface area contributed by atoms with Crippen LogP contribution in [0.3, 0.4) is 0 Å². The molecular weight excluding hydrogens is 370 g/mol. The minimum atomic E-state index is -0.708. The van der Waals surface area contributed by atoms with Crippen LogP contribution in [0.4, 0.5) is 10.5 Å². The summed E-state index contributed by atoms with van der Waals surface area (Å²) in [6, 6.07) is 11.9. The van der Waals surface area contributed by atoms with Crippen LogP contribution in [-0.4, -0.2) is 40.4 Å². The second-order valence-corrected chi connectivity index (χ2v) is 6.89. The zero-order chi connectivity index (χ0) is 20.2. The number of aromatic amines is 1. The fourth-order valence-corrected chi connectivity index (χ4v) is 3.48. The van der Waals surface area contributed by atoms with Gasteiger partial charge in [0.1, 0.15) is 6.04 Å². The van der Waals surface area contributed by atoms with Gasteiger partial charge in [0.25, 0.3) is 5.91 Å². The highest BCUT2D eigenvalue weighted by Crippen LogP contribution is 2.29. The molecule has 4 amide bonds.